The van der Waals surface area contributed by atoms with Crippen LogP contribution in [0.15, 0.2) is 23.4 Å². The summed E-state index contributed by atoms with van der Waals surface area (Å²) in [6.07, 6.45) is 0.248. The van der Waals surface area contributed by atoms with Gasteiger partial charge in [0.05, 0.1) is 11.8 Å². The molecule has 36 heavy (non-hydrogen) atoms. The van der Waals surface area contributed by atoms with Gasteiger partial charge in [0.2, 0.25) is 10.9 Å². The van der Waals surface area contributed by atoms with Crippen LogP contribution in [0.3, 0.4) is 0 Å². The molecule has 0 atom stereocenters. The SMILES string of the molecule is Cn1cc(S(=O)(=O)N2CCN(C3(CCC(=O)c4c(F)cc(F)cc4F)CCC(F)(F)CC3)CC2)nn1. The van der Waals surface area contributed by atoms with E-state index in [1.807, 2.05) is 4.90 Å². The molecule has 14 heteroatoms. The van der Waals surface area contributed by atoms with E-state index in [4.69, 9.17) is 0 Å². The average Bonchev–Trinajstić information content (AvgIpc) is 3.25. The number of Topliss-reactive ketones (excluding diaryl/α,β-unsaturated/α-hetero) is 1. The highest BCUT2D eigenvalue weighted by atomic mass is 32.2. The van der Waals surface area contributed by atoms with Crippen molar-refractivity contribution in [1.29, 1.82) is 0 Å². The van der Waals surface area contributed by atoms with Crippen molar-refractivity contribution in [2.45, 2.75) is 55.0 Å². The molecule has 1 aliphatic carbocycles. The predicted molar refractivity (Wildman–Crippen MR) is 117 cm³/mol. The zero-order valence-corrected chi connectivity index (χ0v) is 20.4. The number of aryl methyl sites for hydroxylation is 1. The largest absolute Gasteiger partial charge is 0.295 e. The number of alkyl halides is 2. The molecule has 2 fully saturated rings. The molecule has 1 aliphatic heterocycles. The Morgan fingerprint density at radius 1 is 1.00 bits per heavy atom. The lowest BCUT2D eigenvalue weighted by molar-refractivity contribution is -0.0891. The molecule has 2 heterocycles. The van der Waals surface area contributed by atoms with E-state index in [-0.39, 0.29) is 56.9 Å². The summed E-state index contributed by atoms with van der Waals surface area (Å²) in [5.74, 6) is -7.53. The number of piperazine rings is 1. The second-order valence-corrected chi connectivity index (χ2v) is 11.3. The summed E-state index contributed by atoms with van der Waals surface area (Å²) in [7, 11) is -2.35. The van der Waals surface area contributed by atoms with Crippen molar-refractivity contribution in [3.63, 3.8) is 0 Å². The van der Waals surface area contributed by atoms with Crippen molar-refractivity contribution in [3.05, 3.63) is 41.3 Å². The Bertz CT molecular complexity index is 1210. The molecular weight excluding hydrogens is 509 g/mol. The maximum atomic E-state index is 14.1. The smallest absolute Gasteiger partial charge is 0.264 e. The third-order valence-corrected chi connectivity index (χ3v) is 8.87. The third-order valence-electron chi connectivity index (χ3n) is 7.11. The van der Waals surface area contributed by atoms with Crippen LogP contribution in [-0.2, 0) is 17.1 Å². The second-order valence-electron chi connectivity index (χ2n) is 9.37. The first-order valence-corrected chi connectivity index (χ1v) is 12.9. The van der Waals surface area contributed by atoms with E-state index in [0.29, 0.717) is 12.1 Å². The van der Waals surface area contributed by atoms with Gasteiger partial charge >= 0.3 is 0 Å². The summed E-state index contributed by atoms with van der Waals surface area (Å²) in [5.41, 5.74) is -1.72. The number of benzene rings is 1. The van der Waals surface area contributed by atoms with Crippen LogP contribution in [0.5, 0.6) is 0 Å². The van der Waals surface area contributed by atoms with Gasteiger partial charge in [0, 0.05) is 70.2 Å². The van der Waals surface area contributed by atoms with Gasteiger partial charge in [-0.1, -0.05) is 5.21 Å². The Balaban J connectivity index is 1.49. The average molecular weight is 536 g/mol. The van der Waals surface area contributed by atoms with E-state index < -0.39 is 63.1 Å². The van der Waals surface area contributed by atoms with Crippen LogP contribution in [0.25, 0.3) is 0 Å². The topological polar surface area (TPSA) is 88.4 Å². The van der Waals surface area contributed by atoms with Crippen molar-refractivity contribution in [2.75, 3.05) is 26.2 Å². The first-order chi connectivity index (χ1) is 16.8. The number of ketones is 1. The minimum Gasteiger partial charge on any atom is -0.295 e. The number of halogens is 5. The fourth-order valence-corrected chi connectivity index (χ4v) is 6.40. The zero-order chi connectivity index (χ0) is 26.3. The Kier molecular flexibility index (Phi) is 7.23. The molecule has 1 aromatic carbocycles. The van der Waals surface area contributed by atoms with Crippen LogP contribution in [0.1, 0.15) is 48.9 Å². The standard InChI is InChI=1S/C22H26F5N5O3S/c1-30-14-19(28-29-30)36(34,35)32-10-8-31(9-11-32)21(4-6-22(26,27)7-5-21)3-2-18(33)20-16(24)12-15(23)13-17(20)25/h12-14H,2-11H2,1H3. The molecule has 0 N–H and O–H groups in total. The number of sulfonamides is 1. The number of nitrogens with zero attached hydrogens (tertiary/aromatic N) is 5. The summed E-state index contributed by atoms with van der Waals surface area (Å²) < 4.78 is 97.7. The molecule has 1 saturated carbocycles. The highest BCUT2D eigenvalue weighted by molar-refractivity contribution is 7.89. The molecule has 0 amide bonds. The molecule has 198 valence electrons. The van der Waals surface area contributed by atoms with Gasteiger partial charge in [0.1, 0.15) is 17.5 Å². The highest BCUT2D eigenvalue weighted by Gasteiger charge is 2.48. The molecule has 0 unspecified atom stereocenters. The van der Waals surface area contributed by atoms with Crippen molar-refractivity contribution in [3.8, 4) is 0 Å². The molecule has 8 nitrogen and oxygen atoms in total. The lowest BCUT2D eigenvalue weighted by atomic mass is 9.74. The van der Waals surface area contributed by atoms with E-state index in [2.05, 4.69) is 10.3 Å². The maximum Gasteiger partial charge on any atom is 0.264 e. The zero-order valence-electron chi connectivity index (χ0n) is 19.6. The Hall–Kier alpha value is -2.45. The van der Waals surface area contributed by atoms with Crippen molar-refractivity contribution in [1.82, 2.24) is 24.2 Å². The predicted octanol–water partition coefficient (Wildman–Crippen LogP) is 3.15. The highest BCUT2D eigenvalue weighted by Crippen LogP contribution is 2.44. The van der Waals surface area contributed by atoms with Crippen molar-refractivity contribution < 1.29 is 35.2 Å². The van der Waals surface area contributed by atoms with Crippen LogP contribution in [0.4, 0.5) is 22.0 Å². The quantitative estimate of drug-likeness (QED) is 0.400. The van der Waals surface area contributed by atoms with Gasteiger partial charge in [0.25, 0.3) is 10.0 Å². The Labute approximate surface area is 205 Å². The molecule has 4 rings (SSSR count). The first-order valence-electron chi connectivity index (χ1n) is 11.5. The van der Waals surface area contributed by atoms with Crippen LogP contribution >= 0.6 is 0 Å². The summed E-state index contributed by atoms with van der Waals surface area (Å²) in [4.78, 5) is 14.6. The number of rotatable bonds is 7. The van der Waals surface area contributed by atoms with E-state index in [0.717, 1.165) is 0 Å². The molecule has 2 aliphatic rings. The fourth-order valence-electron chi connectivity index (χ4n) is 5.06. The number of aromatic nitrogens is 3. The van der Waals surface area contributed by atoms with Gasteiger partial charge in [-0.2, -0.15) is 4.31 Å². The number of carbonyl (C=O) groups excluding carboxylic acids is 1. The number of carbonyl (C=O) groups is 1. The fraction of sp³-hybridized carbons (Fsp3) is 0.591. The minimum atomic E-state index is -3.88. The number of hydrogen-bond donors (Lipinski definition) is 0. The van der Waals surface area contributed by atoms with E-state index >= 15 is 0 Å². The van der Waals surface area contributed by atoms with Gasteiger partial charge in [0.15, 0.2) is 5.78 Å². The van der Waals surface area contributed by atoms with Gasteiger partial charge < -0.3 is 0 Å². The van der Waals surface area contributed by atoms with Gasteiger partial charge in [-0.15, -0.1) is 5.10 Å². The van der Waals surface area contributed by atoms with E-state index in [1.54, 1.807) is 0 Å². The normalized spacial score (nSPS) is 20.9. The molecule has 0 radical (unpaired) electrons. The minimum absolute atomic E-state index is 0.0403. The van der Waals surface area contributed by atoms with Crippen LogP contribution in [0.2, 0.25) is 0 Å². The Morgan fingerprint density at radius 2 is 1.58 bits per heavy atom. The summed E-state index contributed by atoms with van der Waals surface area (Å²) in [5, 5.41) is 7.11. The Morgan fingerprint density at radius 3 is 2.11 bits per heavy atom. The third kappa shape index (κ3) is 5.30. The van der Waals surface area contributed by atoms with Gasteiger partial charge in [-0.3, -0.25) is 14.4 Å². The van der Waals surface area contributed by atoms with Crippen LogP contribution in [0, 0.1) is 17.5 Å². The van der Waals surface area contributed by atoms with Crippen LogP contribution < -0.4 is 0 Å². The summed E-state index contributed by atoms with van der Waals surface area (Å²) >= 11 is 0. The molecule has 1 saturated heterocycles. The molecule has 0 spiro atoms. The van der Waals surface area contributed by atoms with Crippen molar-refractivity contribution >= 4 is 15.8 Å². The molecule has 2 aromatic rings. The van der Waals surface area contributed by atoms with Gasteiger partial charge in [-0.25, -0.2) is 30.4 Å². The summed E-state index contributed by atoms with van der Waals surface area (Å²) in [6.45, 7) is 0.593. The molecule has 0 bridgehead atoms. The maximum absolute atomic E-state index is 14.1. The van der Waals surface area contributed by atoms with Gasteiger partial charge in [-0.05, 0) is 19.3 Å². The van der Waals surface area contributed by atoms with Crippen LogP contribution in [-0.4, -0.2) is 76.0 Å². The molecule has 1 aromatic heterocycles. The molecular formula is C22H26F5N5O3S. The summed E-state index contributed by atoms with van der Waals surface area (Å²) in [6, 6.07) is 0.841. The first kappa shape index (κ1) is 26.6. The van der Waals surface area contributed by atoms with Crippen molar-refractivity contribution in [2.24, 2.45) is 7.05 Å². The monoisotopic (exact) mass is 535 g/mol. The van der Waals surface area contributed by atoms with E-state index in [9.17, 15) is 35.2 Å². The van der Waals surface area contributed by atoms with E-state index in [1.165, 1.54) is 22.2 Å². The lowest BCUT2D eigenvalue weighted by Gasteiger charge is -2.50. The number of hydrogen-bond acceptors (Lipinski definition) is 6. The lowest BCUT2D eigenvalue weighted by Crippen LogP contribution is -2.59. The second kappa shape index (κ2) is 9.78.